The molecule has 0 amide bonds. The fourth-order valence-electron chi connectivity index (χ4n) is 1.52. The zero-order chi connectivity index (χ0) is 13.5. The Labute approximate surface area is 108 Å². The molecular weight excluding hydrogens is 230 g/mol. The van der Waals surface area contributed by atoms with Crippen molar-refractivity contribution in [2.24, 2.45) is 11.7 Å². The molecule has 1 rings (SSSR count). The molecule has 100 valence electrons. The lowest BCUT2D eigenvalue weighted by Crippen LogP contribution is -2.12. The van der Waals surface area contributed by atoms with Gasteiger partial charge in [0.05, 0.1) is 6.61 Å². The lowest BCUT2D eigenvalue weighted by atomic mass is 10.0. The van der Waals surface area contributed by atoms with Gasteiger partial charge in [0.1, 0.15) is 5.75 Å². The second-order valence-electron chi connectivity index (χ2n) is 4.81. The molecule has 0 heterocycles. The second-order valence-corrected chi connectivity index (χ2v) is 4.81. The van der Waals surface area contributed by atoms with Crippen LogP contribution in [0.5, 0.6) is 5.75 Å². The van der Waals surface area contributed by atoms with E-state index in [1.54, 1.807) is 0 Å². The molecule has 4 nitrogen and oxygen atoms in total. The van der Waals surface area contributed by atoms with Crippen LogP contribution in [0.3, 0.4) is 0 Å². The second kappa shape index (κ2) is 7.01. The van der Waals surface area contributed by atoms with Crippen LogP contribution in [0.25, 0.3) is 0 Å². The third-order valence-corrected chi connectivity index (χ3v) is 2.56. The van der Waals surface area contributed by atoms with Crippen LogP contribution < -0.4 is 10.5 Å². The minimum Gasteiger partial charge on any atom is -0.493 e. The van der Waals surface area contributed by atoms with Crippen molar-refractivity contribution in [1.29, 1.82) is 0 Å². The zero-order valence-electron chi connectivity index (χ0n) is 10.9. The summed E-state index contributed by atoms with van der Waals surface area (Å²) in [6.45, 7) is 4.87. The van der Waals surface area contributed by atoms with Crippen LogP contribution >= 0.6 is 0 Å². The first-order valence-electron chi connectivity index (χ1n) is 6.19. The molecule has 4 heteroatoms. The molecule has 0 bridgehead atoms. The maximum Gasteiger partial charge on any atom is 0.303 e. The quantitative estimate of drug-likeness (QED) is 0.781. The zero-order valence-corrected chi connectivity index (χ0v) is 10.9. The van der Waals surface area contributed by atoms with Crippen LogP contribution in [0.1, 0.15) is 38.3 Å². The fourth-order valence-corrected chi connectivity index (χ4v) is 1.52. The Morgan fingerprint density at radius 2 is 1.94 bits per heavy atom. The van der Waals surface area contributed by atoms with Gasteiger partial charge in [-0.25, -0.2) is 0 Å². The maximum absolute atomic E-state index is 10.5. The molecule has 18 heavy (non-hydrogen) atoms. The SMILES string of the molecule is CC(C)COc1ccc([C@@H](N)CCC(=O)O)cc1. The van der Waals surface area contributed by atoms with Gasteiger partial charge in [0.25, 0.3) is 0 Å². The number of nitrogens with two attached hydrogens (primary N) is 1. The number of carbonyl (C=O) groups is 1. The molecule has 0 spiro atoms. The van der Waals surface area contributed by atoms with E-state index in [0.717, 1.165) is 11.3 Å². The van der Waals surface area contributed by atoms with Gasteiger partial charge in [0, 0.05) is 12.5 Å². The molecule has 0 saturated carbocycles. The van der Waals surface area contributed by atoms with Gasteiger partial charge in [-0.2, -0.15) is 0 Å². The smallest absolute Gasteiger partial charge is 0.303 e. The fraction of sp³-hybridized carbons (Fsp3) is 0.500. The lowest BCUT2D eigenvalue weighted by molar-refractivity contribution is -0.137. The van der Waals surface area contributed by atoms with Gasteiger partial charge in [-0.15, -0.1) is 0 Å². The van der Waals surface area contributed by atoms with E-state index in [4.69, 9.17) is 15.6 Å². The highest BCUT2D eigenvalue weighted by atomic mass is 16.5. The summed E-state index contributed by atoms with van der Waals surface area (Å²) in [6, 6.07) is 7.29. The maximum atomic E-state index is 10.5. The molecule has 0 radical (unpaired) electrons. The Hall–Kier alpha value is -1.55. The summed E-state index contributed by atoms with van der Waals surface area (Å²) in [4.78, 5) is 10.5. The predicted molar refractivity (Wildman–Crippen MR) is 70.6 cm³/mol. The number of hydrogen-bond donors (Lipinski definition) is 2. The van der Waals surface area contributed by atoms with Crippen LogP contribution in [-0.4, -0.2) is 17.7 Å². The standard InChI is InChI=1S/C14H21NO3/c1-10(2)9-18-12-5-3-11(4-6-12)13(15)7-8-14(16)17/h3-6,10,13H,7-9,15H2,1-2H3,(H,16,17)/t13-/m0/s1. The summed E-state index contributed by atoms with van der Waals surface area (Å²) >= 11 is 0. The Morgan fingerprint density at radius 1 is 1.33 bits per heavy atom. The molecule has 0 saturated heterocycles. The molecule has 0 unspecified atom stereocenters. The van der Waals surface area contributed by atoms with E-state index in [2.05, 4.69) is 13.8 Å². The Kier molecular flexibility index (Phi) is 5.65. The van der Waals surface area contributed by atoms with Crippen LogP contribution in [-0.2, 0) is 4.79 Å². The van der Waals surface area contributed by atoms with E-state index >= 15 is 0 Å². The predicted octanol–water partition coefficient (Wildman–Crippen LogP) is 2.59. The van der Waals surface area contributed by atoms with Crippen molar-refractivity contribution in [2.75, 3.05) is 6.61 Å². The van der Waals surface area contributed by atoms with Gasteiger partial charge in [-0.05, 0) is 30.0 Å². The first-order chi connectivity index (χ1) is 8.49. The van der Waals surface area contributed by atoms with Crippen molar-refractivity contribution < 1.29 is 14.6 Å². The van der Waals surface area contributed by atoms with Crippen LogP contribution in [0.2, 0.25) is 0 Å². The van der Waals surface area contributed by atoms with Crippen molar-refractivity contribution >= 4 is 5.97 Å². The highest BCUT2D eigenvalue weighted by Crippen LogP contribution is 2.19. The van der Waals surface area contributed by atoms with E-state index in [1.807, 2.05) is 24.3 Å². The molecule has 1 aromatic rings. The summed E-state index contributed by atoms with van der Waals surface area (Å²) in [5.41, 5.74) is 6.85. The topological polar surface area (TPSA) is 72.5 Å². The number of benzene rings is 1. The Morgan fingerprint density at radius 3 is 2.44 bits per heavy atom. The highest BCUT2D eigenvalue weighted by Gasteiger charge is 2.08. The van der Waals surface area contributed by atoms with E-state index in [9.17, 15) is 4.79 Å². The van der Waals surface area contributed by atoms with E-state index in [-0.39, 0.29) is 12.5 Å². The largest absolute Gasteiger partial charge is 0.493 e. The monoisotopic (exact) mass is 251 g/mol. The molecular formula is C14H21NO3. The highest BCUT2D eigenvalue weighted by molar-refractivity contribution is 5.66. The normalized spacial score (nSPS) is 12.4. The van der Waals surface area contributed by atoms with Crippen molar-refractivity contribution in [3.8, 4) is 5.75 Å². The van der Waals surface area contributed by atoms with Crippen LogP contribution in [0, 0.1) is 5.92 Å². The van der Waals surface area contributed by atoms with Gasteiger partial charge >= 0.3 is 5.97 Å². The van der Waals surface area contributed by atoms with Crippen molar-refractivity contribution in [3.05, 3.63) is 29.8 Å². The summed E-state index contributed by atoms with van der Waals surface area (Å²) in [7, 11) is 0. The van der Waals surface area contributed by atoms with Crippen molar-refractivity contribution in [3.63, 3.8) is 0 Å². The van der Waals surface area contributed by atoms with Crippen molar-refractivity contribution in [1.82, 2.24) is 0 Å². The van der Waals surface area contributed by atoms with Crippen molar-refractivity contribution in [2.45, 2.75) is 32.7 Å². The number of aliphatic carboxylic acids is 1. The molecule has 1 aromatic carbocycles. The summed E-state index contributed by atoms with van der Waals surface area (Å²) in [6.07, 6.45) is 0.536. The van der Waals surface area contributed by atoms with Gasteiger partial charge in [0.2, 0.25) is 0 Å². The number of hydrogen-bond acceptors (Lipinski definition) is 3. The third kappa shape index (κ3) is 5.19. The minimum absolute atomic E-state index is 0.0900. The van der Waals surface area contributed by atoms with E-state index in [0.29, 0.717) is 18.9 Å². The summed E-state index contributed by atoms with van der Waals surface area (Å²) in [5, 5.41) is 8.60. The van der Waals surface area contributed by atoms with E-state index in [1.165, 1.54) is 0 Å². The molecule has 3 N–H and O–H groups in total. The van der Waals surface area contributed by atoms with E-state index < -0.39 is 5.97 Å². The molecule has 0 aliphatic rings. The number of carboxylic acid groups (broad SMARTS) is 1. The third-order valence-electron chi connectivity index (χ3n) is 2.56. The minimum atomic E-state index is -0.817. The number of ether oxygens (including phenoxy) is 1. The first kappa shape index (κ1) is 14.5. The molecule has 0 aliphatic carbocycles. The summed E-state index contributed by atoms with van der Waals surface area (Å²) in [5.74, 6) is 0.489. The van der Waals surface area contributed by atoms with Crippen LogP contribution in [0.15, 0.2) is 24.3 Å². The Bertz CT molecular complexity index is 373. The number of rotatable bonds is 7. The van der Waals surface area contributed by atoms with Gasteiger partial charge < -0.3 is 15.6 Å². The first-order valence-corrected chi connectivity index (χ1v) is 6.19. The summed E-state index contributed by atoms with van der Waals surface area (Å²) < 4.78 is 5.57. The van der Waals surface area contributed by atoms with Gasteiger partial charge in [-0.3, -0.25) is 4.79 Å². The Balaban J connectivity index is 2.51. The van der Waals surface area contributed by atoms with Gasteiger partial charge in [0.15, 0.2) is 0 Å². The van der Waals surface area contributed by atoms with Crippen LogP contribution in [0.4, 0.5) is 0 Å². The molecule has 1 atom stereocenters. The molecule has 0 fully saturated rings. The van der Waals surface area contributed by atoms with Gasteiger partial charge in [-0.1, -0.05) is 26.0 Å². The average molecular weight is 251 g/mol. The average Bonchev–Trinajstić information content (AvgIpc) is 2.34. The molecule has 0 aromatic heterocycles. The number of carboxylic acids is 1. The molecule has 0 aliphatic heterocycles. The lowest BCUT2D eigenvalue weighted by Gasteiger charge is -2.12.